The normalized spacial score (nSPS) is 11.1. The zero-order valence-electron chi connectivity index (χ0n) is 20.0. The van der Waals surface area contributed by atoms with Crippen molar-refractivity contribution in [1.29, 1.82) is 0 Å². The Balaban J connectivity index is 1.75. The number of hydrogen-bond acceptors (Lipinski definition) is 5. The largest absolute Gasteiger partial charge is 0.385 e. The molecule has 3 aromatic rings. The summed E-state index contributed by atoms with van der Waals surface area (Å²) in [5.74, 6) is -0.737. The maximum atomic E-state index is 12.9. The van der Waals surface area contributed by atoms with Crippen molar-refractivity contribution in [2.45, 2.75) is 13.0 Å². The van der Waals surface area contributed by atoms with Gasteiger partial charge in [-0.05, 0) is 54.4 Å². The summed E-state index contributed by atoms with van der Waals surface area (Å²) in [6.45, 7) is 1.03. The first-order chi connectivity index (χ1) is 17.2. The quantitative estimate of drug-likeness (QED) is 0.360. The van der Waals surface area contributed by atoms with Gasteiger partial charge in [0.15, 0.2) is 0 Å². The minimum absolute atomic E-state index is 0.0525. The molecule has 2 amide bonds. The zero-order valence-corrected chi connectivity index (χ0v) is 21.6. The van der Waals surface area contributed by atoms with Gasteiger partial charge in [-0.2, -0.15) is 0 Å². The average Bonchev–Trinajstić information content (AvgIpc) is 2.86. The number of sulfonamides is 1. The number of nitrogens with zero attached hydrogens (tertiary/aromatic N) is 1. The van der Waals surface area contributed by atoms with Crippen molar-refractivity contribution in [2.75, 3.05) is 36.1 Å². The number of methoxy groups -OCH3 is 1. The predicted molar refractivity (Wildman–Crippen MR) is 142 cm³/mol. The lowest BCUT2D eigenvalue weighted by Crippen LogP contribution is -2.29. The molecule has 0 fully saturated rings. The van der Waals surface area contributed by atoms with Gasteiger partial charge in [-0.15, -0.1) is 0 Å². The second-order valence-corrected chi connectivity index (χ2v) is 10.3. The highest BCUT2D eigenvalue weighted by molar-refractivity contribution is 7.92. The topological polar surface area (TPSA) is 105 Å². The lowest BCUT2D eigenvalue weighted by molar-refractivity contribution is 0.0949. The monoisotopic (exact) mass is 529 g/mol. The van der Waals surface area contributed by atoms with E-state index in [1.165, 1.54) is 16.4 Å². The molecule has 0 atom stereocenters. The molecule has 0 aliphatic rings. The van der Waals surface area contributed by atoms with Crippen LogP contribution in [-0.4, -0.2) is 46.7 Å². The number of para-hydroxylation sites is 1. The molecule has 0 heterocycles. The summed E-state index contributed by atoms with van der Waals surface area (Å²) in [4.78, 5) is 25.5. The van der Waals surface area contributed by atoms with Crippen LogP contribution in [0.15, 0.2) is 72.8 Å². The lowest BCUT2D eigenvalue weighted by Gasteiger charge is -2.23. The highest BCUT2D eigenvalue weighted by Gasteiger charge is 2.20. The van der Waals surface area contributed by atoms with Crippen molar-refractivity contribution in [2.24, 2.45) is 0 Å². The zero-order chi connectivity index (χ0) is 26.1. The van der Waals surface area contributed by atoms with Gasteiger partial charge in [0.05, 0.1) is 29.7 Å². The van der Waals surface area contributed by atoms with Gasteiger partial charge in [0.2, 0.25) is 10.0 Å². The summed E-state index contributed by atoms with van der Waals surface area (Å²) in [5, 5.41) is 6.03. The van der Waals surface area contributed by atoms with Crippen LogP contribution >= 0.6 is 11.6 Å². The minimum Gasteiger partial charge on any atom is -0.385 e. The van der Waals surface area contributed by atoms with E-state index in [0.29, 0.717) is 52.7 Å². The van der Waals surface area contributed by atoms with E-state index in [2.05, 4.69) is 10.6 Å². The summed E-state index contributed by atoms with van der Waals surface area (Å²) in [5.41, 5.74) is 2.06. The Labute approximate surface area is 216 Å². The van der Waals surface area contributed by atoms with E-state index >= 15 is 0 Å². The summed E-state index contributed by atoms with van der Waals surface area (Å²) >= 11 is 6.22. The van der Waals surface area contributed by atoms with Crippen molar-refractivity contribution < 1.29 is 22.7 Å². The van der Waals surface area contributed by atoms with Crippen LogP contribution < -0.4 is 14.9 Å². The standard InChI is InChI=1S/C26H28ClN3O5S/c1-35-17-7-16-28-26(32)22-9-4-6-11-24(22)29-25(31)19-12-14-21(15-13-19)30(36(2,33)34)18-20-8-3-5-10-23(20)27/h3-6,8-15H,7,16-18H2,1-2H3,(H,28,32)(H,29,31). The van der Waals surface area contributed by atoms with Gasteiger partial charge in [0.1, 0.15) is 0 Å². The number of carbonyl (C=O) groups excluding carboxylic acids is 2. The van der Waals surface area contributed by atoms with Crippen LogP contribution in [0.4, 0.5) is 11.4 Å². The molecule has 3 rings (SSSR count). The van der Waals surface area contributed by atoms with Crippen LogP contribution in [-0.2, 0) is 21.3 Å². The number of rotatable bonds is 11. The van der Waals surface area contributed by atoms with Crippen LogP contribution in [0.5, 0.6) is 0 Å². The Morgan fingerprint density at radius 3 is 2.28 bits per heavy atom. The van der Waals surface area contributed by atoms with Gasteiger partial charge in [0.25, 0.3) is 11.8 Å². The third-order valence-corrected chi connectivity index (χ3v) is 6.83. The maximum absolute atomic E-state index is 12.9. The molecule has 3 aromatic carbocycles. The average molecular weight is 530 g/mol. The first-order valence-electron chi connectivity index (χ1n) is 11.2. The number of ether oxygens (including phenoxy) is 1. The molecular weight excluding hydrogens is 502 g/mol. The van der Waals surface area contributed by atoms with Gasteiger partial charge in [0, 0.05) is 30.8 Å². The van der Waals surface area contributed by atoms with Gasteiger partial charge >= 0.3 is 0 Å². The van der Waals surface area contributed by atoms with Crippen molar-refractivity contribution in [3.05, 3.63) is 94.5 Å². The summed E-state index contributed by atoms with van der Waals surface area (Å²) < 4.78 is 31.2. The molecule has 0 saturated heterocycles. The number of hydrogen-bond donors (Lipinski definition) is 2. The number of benzene rings is 3. The van der Waals surface area contributed by atoms with E-state index in [4.69, 9.17) is 16.3 Å². The Bertz CT molecular complexity index is 1310. The number of halogens is 1. The fourth-order valence-electron chi connectivity index (χ4n) is 3.46. The number of anilines is 2. The smallest absolute Gasteiger partial charge is 0.255 e. The lowest BCUT2D eigenvalue weighted by atomic mass is 10.1. The van der Waals surface area contributed by atoms with Gasteiger partial charge < -0.3 is 15.4 Å². The third kappa shape index (κ3) is 7.30. The van der Waals surface area contributed by atoms with E-state index in [-0.39, 0.29) is 12.5 Å². The molecule has 0 aromatic heterocycles. The molecule has 190 valence electrons. The number of carbonyl (C=O) groups is 2. The Morgan fingerprint density at radius 1 is 0.944 bits per heavy atom. The molecule has 0 spiro atoms. The van der Waals surface area contributed by atoms with E-state index < -0.39 is 15.9 Å². The van der Waals surface area contributed by atoms with E-state index in [0.717, 1.165) is 6.26 Å². The van der Waals surface area contributed by atoms with E-state index in [1.807, 2.05) is 0 Å². The van der Waals surface area contributed by atoms with Crippen molar-refractivity contribution in [3.63, 3.8) is 0 Å². The molecule has 0 saturated carbocycles. The molecule has 0 unspecified atom stereocenters. The highest BCUT2D eigenvalue weighted by atomic mass is 35.5. The predicted octanol–water partition coefficient (Wildman–Crippen LogP) is 4.32. The Kier molecular flexibility index (Phi) is 9.46. The van der Waals surface area contributed by atoms with E-state index in [9.17, 15) is 18.0 Å². The van der Waals surface area contributed by atoms with Crippen LogP contribution in [0.3, 0.4) is 0 Å². The Morgan fingerprint density at radius 2 is 1.61 bits per heavy atom. The third-order valence-electron chi connectivity index (χ3n) is 5.32. The fraction of sp³-hybridized carbons (Fsp3) is 0.231. The SMILES string of the molecule is COCCCNC(=O)c1ccccc1NC(=O)c1ccc(N(Cc2ccccc2Cl)S(C)(=O)=O)cc1. The maximum Gasteiger partial charge on any atom is 0.255 e. The molecule has 36 heavy (non-hydrogen) atoms. The van der Waals surface area contributed by atoms with Crippen molar-refractivity contribution >= 4 is 44.8 Å². The molecule has 0 radical (unpaired) electrons. The number of amides is 2. The molecule has 0 bridgehead atoms. The van der Waals surface area contributed by atoms with Gasteiger partial charge in [-0.25, -0.2) is 8.42 Å². The van der Waals surface area contributed by atoms with Crippen molar-refractivity contribution in [1.82, 2.24) is 5.32 Å². The molecule has 8 nitrogen and oxygen atoms in total. The second-order valence-electron chi connectivity index (χ2n) is 8.01. The molecular formula is C26H28ClN3O5S. The summed E-state index contributed by atoms with van der Waals surface area (Å²) in [6, 6.07) is 19.9. The van der Waals surface area contributed by atoms with Crippen LogP contribution in [0, 0.1) is 0 Å². The van der Waals surface area contributed by atoms with Crippen LogP contribution in [0.1, 0.15) is 32.7 Å². The van der Waals surface area contributed by atoms with Crippen LogP contribution in [0.2, 0.25) is 5.02 Å². The summed E-state index contributed by atoms with van der Waals surface area (Å²) in [7, 11) is -2.03. The Hall–Kier alpha value is -3.40. The molecule has 2 N–H and O–H groups in total. The van der Waals surface area contributed by atoms with Gasteiger partial charge in [-0.3, -0.25) is 13.9 Å². The fourth-order valence-corrected chi connectivity index (χ4v) is 4.53. The van der Waals surface area contributed by atoms with Crippen LogP contribution in [0.25, 0.3) is 0 Å². The second kappa shape index (κ2) is 12.5. The highest BCUT2D eigenvalue weighted by Crippen LogP contribution is 2.25. The molecule has 0 aliphatic heterocycles. The van der Waals surface area contributed by atoms with Crippen molar-refractivity contribution in [3.8, 4) is 0 Å². The van der Waals surface area contributed by atoms with E-state index in [1.54, 1.807) is 67.8 Å². The summed E-state index contributed by atoms with van der Waals surface area (Å²) in [6.07, 6.45) is 1.78. The molecule has 10 heteroatoms. The molecule has 0 aliphatic carbocycles. The first-order valence-corrected chi connectivity index (χ1v) is 13.4. The number of nitrogens with one attached hydrogen (secondary N) is 2. The minimum atomic E-state index is -3.62. The first kappa shape index (κ1) is 27.2. The van der Waals surface area contributed by atoms with Gasteiger partial charge in [-0.1, -0.05) is 41.9 Å².